The minimum atomic E-state index is 0.756. The second-order valence-electron chi connectivity index (χ2n) is 9.88. The van der Waals surface area contributed by atoms with E-state index in [4.69, 9.17) is 9.97 Å². The van der Waals surface area contributed by atoms with E-state index < -0.39 is 0 Å². The number of rotatable bonds is 2. The second-order valence-corrected chi connectivity index (χ2v) is 9.88. The molecule has 0 spiro atoms. The summed E-state index contributed by atoms with van der Waals surface area (Å²) < 4.78 is 0. The van der Waals surface area contributed by atoms with Crippen molar-refractivity contribution in [3.05, 3.63) is 134 Å². The van der Waals surface area contributed by atoms with Crippen LogP contribution >= 0.6 is 0 Å². The standard InChI is InChI=1S/C36H22N2/c1-5-13-30-23(9-1)17-24-10-2-6-14-31(24)34(30)28-19-27-20-29(22-38-36(27)37-21-28)35-32-15-7-3-11-25(32)18-26-12-4-8-16-33(26)35/h1-22H. The molecular weight excluding hydrogens is 460 g/mol. The zero-order chi connectivity index (χ0) is 25.1. The predicted octanol–water partition coefficient (Wildman–Crippen LogP) is 9.58. The number of nitrogens with zero attached hydrogens (tertiary/aromatic N) is 2. The van der Waals surface area contributed by atoms with Gasteiger partial charge in [-0.3, -0.25) is 0 Å². The van der Waals surface area contributed by atoms with Crippen LogP contribution in [0.15, 0.2) is 134 Å². The lowest BCUT2D eigenvalue weighted by Crippen LogP contribution is -1.91. The van der Waals surface area contributed by atoms with Crippen LogP contribution in [0.2, 0.25) is 0 Å². The third-order valence-corrected chi connectivity index (χ3v) is 7.65. The molecule has 6 aromatic carbocycles. The summed E-state index contributed by atoms with van der Waals surface area (Å²) in [4.78, 5) is 9.64. The average molecular weight is 483 g/mol. The molecule has 0 aliphatic heterocycles. The first kappa shape index (κ1) is 21.0. The number of pyridine rings is 2. The molecule has 0 amide bonds. The van der Waals surface area contributed by atoms with Crippen molar-refractivity contribution in [1.82, 2.24) is 9.97 Å². The molecule has 0 bridgehead atoms. The number of fused-ring (bicyclic) bond motifs is 5. The molecule has 8 aromatic rings. The Morgan fingerprint density at radius 2 is 0.684 bits per heavy atom. The number of aromatic nitrogens is 2. The average Bonchev–Trinajstić information content (AvgIpc) is 2.98. The maximum absolute atomic E-state index is 4.82. The van der Waals surface area contributed by atoms with Gasteiger partial charge in [-0.1, -0.05) is 97.1 Å². The lowest BCUT2D eigenvalue weighted by Gasteiger charge is -2.14. The van der Waals surface area contributed by atoms with Gasteiger partial charge < -0.3 is 0 Å². The Hall–Kier alpha value is -5.08. The van der Waals surface area contributed by atoms with Crippen LogP contribution in [0, 0.1) is 0 Å². The Kier molecular flexibility index (Phi) is 4.55. The summed E-state index contributed by atoms with van der Waals surface area (Å²) in [6, 6.07) is 43.5. The van der Waals surface area contributed by atoms with Crippen molar-refractivity contribution in [3.63, 3.8) is 0 Å². The first-order valence-electron chi connectivity index (χ1n) is 12.9. The van der Waals surface area contributed by atoms with Crippen LogP contribution in [-0.4, -0.2) is 9.97 Å². The van der Waals surface area contributed by atoms with Gasteiger partial charge in [0.05, 0.1) is 0 Å². The van der Waals surface area contributed by atoms with Crippen LogP contribution in [0.25, 0.3) is 76.4 Å². The number of hydrogen-bond donors (Lipinski definition) is 0. The fourth-order valence-electron chi connectivity index (χ4n) is 5.95. The molecule has 2 nitrogen and oxygen atoms in total. The van der Waals surface area contributed by atoms with Gasteiger partial charge in [0.1, 0.15) is 0 Å². The third kappa shape index (κ3) is 3.21. The van der Waals surface area contributed by atoms with Crippen LogP contribution < -0.4 is 0 Å². The van der Waals surface area contributed by atoms with Crippen LogP contribution in [-0.2, 0) is 0 Å². The van der Waals surface area contributed by atoms with Gasteiger partial charge in [0, 0.05) is 28.9 Å². The smallest absolute Gasteiger partial charge is 0.159 e. The highest BCUT2D eigenvalue weighted by Gasteiger charge is 2.14. The Morgan fingerprint density at radius 1 is 0.342 bits per heavy atom. The first-order chi connectivity index (χ1) is 18.8. The van der Waals surface area contributed by atoms with E-state index in [2.05, 4.69) is 121 Å². The van der Waals surface area contributed by atoms with E-state index in [1.165, 1.54) is 54.2 Å². The number of benzene rings is 6. The molecule has 0 radical (unpaired) electrons. The SMILES string of the molecule is c1ccc2c(-c3cnc4ncc(-c5c6ccccc6cc6ccccc56)cc4c3)c3ccccc3cc2c1. The van der Waals surface area contributed by atoms with E-state index in [1.54, 1.807) is 0 Å². The highest BCUT2D eigenvalue weighted by molar-refractivity contribution is 6.14. The molecule has 0 fully saturated rings. The van der Waals surface area contributed by atoms with E-state index in [-0.39, 0.29) is 0 Å². The van der Waals surface area contributed by atoms with Crippen LogP contribution in [0.5, 0.6) is 0 Å². The molecule has 2 heterocycles. The zero-order valence-electron chi connectivity index (χ0n) is 20.6. The number of hydrogen-bond acceptors (Lipinski definition) is 2. The lowest BCUT2D eigenvalue weighted by atomic mass is 9.91. The molecule has 0 aliphatic rings. The highest BCUT2D eigenvalue weighted by atomic mass is 14.8. The third-order valence-electron chi connectivity index (χ3n) is 7.65. The first-order valence-corrected chi connectivity index (χ1v) is 12.9. The molecule has 0 atom stereocenters. The monoisotopic (exact) mass is 482 g/mol. The Labute approximate surface area is 219 Å². The molecule has 176 valence electrons. The van der Waals surface area contributed by atoms with Gasteiger partial charge in [-0.2, -0.15) is 0 Å². The van der Waals surface area contributed by atoms with E-state index in [0.29, 0.717) is 0 Å². The highest BCUT2D eigenvalue weighted by Crippen LogP contribution is 2.39. The summed E-state index contributed by atoms with van der Waals surface area (Å²) in [5.74, 6) is 0. The quantitative estimate of drug-likeness (QED) is 0.229. The van der Waals surface area contributed by atoms with Crippen molar-refractivity contribution in [3.8, 4) is 22.3 Å². The van der Waals surface area contributed by atoms with Gasteiger partial charge >= 0.3 is 0 Å². The maximum atomic E-state index is 4.82. The Balaban J connectivity index is 1.41. The second kappa shape index (κ2) is 8.22. The minimum absolute atomic E-state index is 0.756. The van der Waals surface area contributed by atoms with Crippen LogP contribution in [0.3, 0.4) is 0 Å². The predicted molar refractivity (Wildman–Crippen MR) is 160 cm³/mol. The lowest BCUT2D eigenvalue weighted by molar-refractivity contribution is 1.29. The van der Waals surface area contributed by atoms with Gasteiger partial charge in [0.25, 0.3) is 0 Å². The molecule has 8 rings (SSSR count). The van der Waals surface area contributed by atoms with Crippen molar-refractivity contribution < 1.29 is 0 Å². The molecular formula is C36H22N2. The fourth-order valence-corrected chi connectivity index (χ4v) is 5.95. The summed E-state index contributed by atoms with van der Waals surface area (Å²) in [6.07, 6.45) is 3.94. The molecule has 0 aliphatic carbocycles. The summed E-state index contributed by atoms with van der Waals surface area (Å²) in [5, 5.41) is 10.9. The van der Waals surface area contributed by atoms with E-state index in [0.717, 1.165) is 22.2 Å². The van der Waals surface area contributed by atoms with Crippen LogP contribution in [0.1, 0.15) is 0 Å². The molecule has 0 saturated carbocycles. The van der Waals surface area contributed by atoms with Gasteiger partial charge in [-0.25, -0.2) is 9.97 Å². The molecule has 0 saturated heterocycles. The summed E-state index contributed by atoms with van der Waals surface area (Å²) in [6.45, 7) is 0. The summed E-state index contributed by atoms with van der Waals surface area (Å²) in [7, 11) is 0. The van der Waals surface area contributed by atoms with Gasteiger partial charge in [-0.05, 0) is 78.5 Å². The normalized spacial score (nSPS) is 11.7. The van der Waals surface area contributed by atoms with Gasteiger partial charge in [-0.15, -0.1) is 0 Å². The Bertz CT molecular complexity index is 1930. The van der Waals surface area contributed by atoms with Crippen molar-refractivity contribution in [2.45, 2.75) is 0 Å². The molecule has 38 heavy (non-hydrogen) atoms. The van der Waals surface area contributed by atoms with E-state index in [1.807, 2.05) is 12.4 Å². The van der Waals surface area contributed by atoms with E-state index in [9.17, 15) is 0 Å². The molecule has 2 heteroatoms. The topological polar surface area (TPSA) is 25.8 Å². The maximum Gasteiger partial charge on any atom is 0.159 e. The summed E-state index contributed by atoms with van der Waals surface area (Å²) >= 11 is 0. The molecule has 2 aromatic heterocycles. The van der Waals surface area contributed by atoms with Crippen molar-refractivity contribution in [2.75, 3.05) is 0 Å². The molecule has 0 unspecified atom stereocenters. The van der Waals surface area contributed by atoms with Crippen molar-refractivity contribution in [2.24, 2.45) is 0 Å². The zero-order valence-corrected chi connectivity index (χ0v) is 20.6. The van der Waals surface area contributed by atoms with Crippen LogP contribution in [0.4, 0.5) is 0 Å². The minimum Gasteiger partial charge on any atom is -0.236 e. The Morgan fingerprint density at radius 3 is 1.05 bits per heavy atom. The van der Waals surface area contributed by atoms with E-state index >= 15 is 0 Å². The summed E-state index contributed by atoms with van der Waals surface area (Å²) in [5.41, 5.74) is 5.40. The van der Waals surface area contributed by atoms with Gasteiger partial charge in [0.15, 0.2) is 5.65 Å². The molecule has 0 N–H and O–H groups in total. The van der Waals surface area contributed by atoms with Gasteiger partial charge in [0.2, 0.25) is 0 Å². The largest absolute Gasteiger partial charge is 0.236 e. The van der Waals surface area contributed by atoms with Crippen molar-refractivity contribution in [1.29, 1.82) is 0 Å². The van der Waals surface area contributed by atoms with Crippen molar-refractivity contribution >= 4 is 54.1 Å². The fraction of sp³-hybridized carbons (Fsp3) is 0.